The number of halogens is 1. The number of carboxylic acids is 1. The highest BCUT2D eigenvalue weighted by Gasteiger charge is 2.24. The van der Waals surface area contributed by atoms with Gasteiger partial charge in [-0.2, -0.15) is 0 Å². The predicted octanol–water partition coefficient (Wildman–Crippen LogP) is 3.43. The second-order valence-corrected chi connectivity index (χ2v) is 6.81. The molecule has 1 aromatic heterocycles. The van der Waals surface area contributed by atoms with Gasteiger partial charge in [-0.15, -0.1) is 0 Å². The van der Waals surface area contributed by atoms with Crippen LogP contribution in [-0.2, 0) is 6.54 Å². The smallest absolute Gasteiger partial charge is 0.337 e. The van der Waals surface area contributed by atoms with Gasteiger partial charge in [0.2, 0.25) is 0 Å². The number of aromatic carboxylic acids is 1. The lowest BCUT2D eigenvalue weighted by molar-refractivity contribution is 0.0697. The van der Waals surface area contributed by atoms with Crippen LogP contribution in [0, 0.1) is 0 Å². The largest absolute Gasteiger partial charge is 0.478 e. The van der Waals surface area contributed by atoms with Crippen molar-refractivity contribution in [1.82, 2.24) is 9.80 Å². The van der Waals surface area contributed by atoms with E-state index in [9.17, 15) is 9.90 Å². The lowest BCUT2D eigenvalue weighted by atomic mass is 10.1. The number of likely N-dealkylation sites (N-methyl/N-ethyl adjacent to an activating group) is 1. The molecule has 6 heteroatoms. The molecule has 0 amide bonds. The molecule has 1 aliphatic heterocycles. The molecule has 1 atom stereocenters. The minimum absolute atomic E-state index is 0.0838. The van der Waals surface area contributed by atoms with Crippen LogP contribution in [-0.4, -0.2) is 54.1 Å². The third-order valence-corrected chi connectivity index (χ3v) is 4.83. The van der Waals surface area contributed by atoms with Crippen LogP contribution in [0.15, 0.2) is 34.7 Å². The summed E-state index contributed by atoms with van der Waals surface area (Å²) >= 11 is 5.91. The Morgan fingerprint density at radius 1 is 1.38 bits per heavy atom. The van der Waals surface area contributed by atoms with Crippen molar-refractivity contribution < 1.29 is 14.3 Å². The van der Waals surface area contributed by atoms with Crippen LogP contribution >= 0.6 is 11.6 Å². The second-order valence-electron chi connectivity index (χ2n) is 6.41. The first-order chi connectivity index (χ1) is 11.4. The highest BCUT2D eigenvalue weighted by molar-refractivity contribution is 6.33. The monoisotopic (exact) mass is 348 g/mol. The Labute approximate surface area is 146 Å². The Morgan fingerprint density at radius 3 is 2.83 bits per heavy atom. The molecule has 1 aromatic carbocycles. The van der Waals surface area contributed by atoms with E-state index in [-0.39, 0.29) is 10.6 Å². The van der Waals surface area contributed by atoms with Crippen molar-refractivity contribution >= 4 is 17.6 Å². The zero-order chi connectivity index (χ0) is 17.3. The fraction of sp³-hybridized carbons (Fsp3) is 0.389. The van der Waals surface area contributed by atoms with E-state index in [1.807, 2.05) is 12.1 Å². The average molecular weight is 349 g/mol. The number of hydrogen-bond acceptors (Lipinski definition) is 4. The Morgan fingerprint density at radius 2 is 2.17 bits per heavy atom. The number of hydrogen-bond donors (Lipinski definition) is 1. The number of benzene rings is 1. The number of rotatable bonds is 5. The van der Waals surface area contributed by atoms with Gasteiger partial charge in [0, 0.05) is 24.7 Å². The van der Waals surface area contributed by atoms with Gasteiger partial charge in [-0.25, -0.2) is 4.79 Å². The molecule has 0 unspecified atom stereocenters. The zero-order valence-corrected chi connectivity index (χ0v) is 14.6. The highest BCUT2D eigenvalue weighted by atomic mass is 35.5. The topological polar surface area (TPSA) is 56.9 Å². The molecule has 0 bridgehead atoms. The SMILES string of the molecule is CN(C)[C@@H]1CCN(Cc2ccc(-c3ccc(Cl)c(C(=O)O)c3)o2)C1. The van der Waals surface area contributed by atoms with Crippen molar-refractivity contribution in [3.63, 3.8) is 0 Å². The van der Waals surface area contributed by atoms with Gasteiger partial charge in [-0.05, 0) is 50.8 Å². The highest BCUT2D eigenvalue weighted by Crippen LogP contribution is 2.28. The Kier molecular flexibility index (Phi) is 4.94. The van der Waals surface area contributed by atoms with E-state index in [1.165, 1.54) is 6.42 Å². The summed E-state index contributed by atoms with van der Waals surface area (Å²) in [5.41, 5.74) is 0.802. The molecule has 128 valence electrons. The van der Waals surface area contributed by atoms with E-state index in [0.717, 1.165) is 31.0 Å². The van der Waals surface area contributed by atoms with E-state index in [4.69, 9.17) is 16.0 Å². The maximum absolute atomic E-state index is 11.2. The summed E-state index contributed by atoms with van der Waals surface area (Å²) in [7, 11) is 4.22. The van der Waals surface area contributed by atoms with E-state index >= 15 is 0 Å². The molecule has 2 aromatic rings. The summed E-state index contributed by atoms with van der Waals surface area (Å²) in [5.74, 6) is 0.504. The normalized spacial score (nSPS) is 18.4. The quantitative estimate of drug-likeness (QED) is 0.897. The summed E-state index contributed by atoms with van der Waals surface area (Å²) in [4.78, 5) is 15.8. The average Bonchev–Trinajstić information content (AvgIpc) is 3.17. The molecule has 1 aliphatic rings. The first kappa shape index (κ1) is 17.0. The van der Waals surface area contributed by atoms with Crippen LogP contribution in [0.4, 0.5) is 0 Å². The summed E-state index contributed by atoms with van der Waals surface area (Å²) in [6.45, 7) is 2.86. The van der Waals surface area contributed by atoms with E-state index in [0.29, 0.717) is 11.8 Å². The van der Waals surface area contributed by atoms with Crippen LogP contribution in [0.5, 0.6) is 0 Å². The molecule has 0 radical (unpaired) electrons. The van der Waals surface area contributed by atoms with Crippen LogP contribution in [0.3, 0.4) is 0 Å². The molecule has 24 heavy (non-hydrogen) atoms. The number of furan rings is 1. The minimum Gasteiger partial charge on any atom is -0.478 e. The lowest BCUT2D eigenvalue weighted by Gasteiger charge is -2.19. The van der Waals surface area contributed by atoms with Crippen LogP contribution in [0.2, 0.25) is 5.02 Å². The fourth-order valence-electron chi connectivity index (χ4n) is 3.06. The third kappa shape index (κ3) is 3.64. The number of carboxylic acid groups (broad SMARTS) is 1. The maximum atomic E-state index is 11.2. The summed E-state index contributed by atoms with van der Waals surface area (Å²) < 4.78 is 5.91. The van der Waals surface area contributed by atoms with Crippen molar-refractivity contribution in [1.29, 1.82) is 0 Å². The second kappa shape index (κ2) is 6.97. The van der Waals surface area contributed by atoms with Crippen molar-refractivity contribution in [2.45, 2.75) is 19.0 Å². The van der Waals surface area contributed by atoms with Gasteiger partial charge in [-0.3, -0.25) is 4.90 Å². The molecular formula is C18H21ClN2O3. The molecule has 3 rings (SSSR count). The lowest BCUT2D eigenvalue weighted by Crippen LogP contribution is -2.31. The molecular weight excluding hydrogens is 328 g/mol. The first-order valence-corrected chi connectivity index (χ1v) is 8.32. The zero-order valence-electron chi connectivity index (χ0n) is 13.8. The van der Waals surface area contributed by atoms with Gasteiger partial charge in [0.1, 0.15) is 11.5 Å². The van der Waals surface area contributed by atoms with Crippen molar-refractivity contribution in [3.8, 4) is 11.3 Å². The van der Waals surface area contributed by atoms with Crippen LogP contribution < -0.4 is 0 Å². The maximum Gasteiger partial charge on any atom is 0.337 e. The van der Waals surface area contributed by atoms with E-state index < -0.39 is 5.97 Å². The van der Waals surface area contributed by atoms with E-state index in [2.05, 4.69) is 23.9 Å². The number of likely N-dealkylation sites (tertiary alicyclic amines) is 1. The third-order valence-electron chi connectivity index (χ3n) is 4.50. The van der Waals surface area contributed by atoms with Crippen molar-refractivity contribution in [3.05, 3.63) is 46.7 Å². The summed E-state index contributed by atoms with van der Waals surface area (Å²) in [5, 5.41) is 9.40. The molecule has 5 nitrogen and oxygen atoms in total. The van der Waals surface area contributed by atoms with Gasteiger partial charge in [0.15, 0.2) is 0 Å². The molecule has 0 spiro atoms. The first-order valence-electron chi connectivity index (χ1n) is 7.95. The molecule has 0 aliphatic carbocycles. The van der Waals surface area contributed by atoms with Crippen molar-refractivity contribution in [2.75, 3.05) is 27.2 Å². The predicted molar refractivity (Wildman–Crippen MR) is 93.5 cm³/mol. The number of nitrogens with zero attached hydrogens (tertiary/aromatic N) is 2. The fourth-order valence-corrected chi connectivity index (χ4v) is 3.26. The van der Waals surface area contributed by atoms with Crippen LogP contribution in [0.25, 0.3) is 11.3 Å². The van der Waals surface area contributed by atoms with Crippen molar-refractivity contribution in [2.24, 2.45) is 0 Å². The van der Waals surface area contributed by atoms with Gasteiger partial charge in [-0.1, -0.05) is 11.6 Å². The van der Waals surface area contributed by atoms with Gasteiger partial charge < -0.3 is 14.4 Å². The Hall–Kier alpha value is -1.82. The Bertz CT molecular complexity index is 742. The van der Waals surface area contributed by atoms with E-state index in [1.54, 1.807) is 18.2 Å². The summed E-state index contributed by atoms with van der Waals surface area (Å²) in [6, 6.07) is 9.33. The van der Waals surface area contributed by atoms with Gasteiger partial charge >= 0.3 is 5.97 Å². The summed E-state index contributed by atoms with van der Waals surface area (Å²) in [6.07, 6.45) is 1.17. The minimum atomic E-state index is -1.04. The van der Waals surface area contributed by atoms with Crippen LogP contribution in [0.1, 0.15) is 22.5 Å². The Balaban J connectivity index is 1.72. The molecule has 1 fully saturated rings. The standard InChI is InChI=1S/C18H21ClN2O3/c1-20(2)13-7-8-21(10-13)11-14-4-6-17(24-14)12-3-5-16(19)15(9-12)18(22)23/h3-6,9,13H,7-8,10-11H2,1-2H3,(H,22,23)/t13-/m1/s1. The number of carbonyl (C=O) groups is 1. The van der Waals surface area contributed by atoms with Gasteiger partial charge in [0.25, 0.3) is 0 Å². The van der Waals surface area contributed by atoms with Gasteiger partial charge in [0.05, 0.1) is 17.1 Å². The molecule has 1 saturated heterocycles. The molecule has 0 saturated carbocycles. The molecule has 1 N–H and O–H groups in total. The molecule has 2 heterocycles.